The Morgan fingerprint density at radius 3 is 2.56 bits per heavy atom. The van der Waals surface area contributed by atoms with E-state index in [9.17, 15) is 9.18 Å². The van der Waals surface area contributed by atoms with Gasteiger partial charge in [-0.05, 0) is 29.8 Å². The van der Waals surface area contributed by atoms with Crippen molar-refractivity contribution in [2.24, 2.45) is 5.73 Å². The molecule has 7 heteroatoms. The number of hydrogen-bond acceptors (Lipinski definition) is 4. The van der Waals surface area contributed by atoms with Gasteiger partial charge in [-0.2, -0.15) is 11.8 Å². The minimum Gasteiger partial charge on any atom is -0.380 e. The second-order valence-electron chi connectivity index (χ2n) is 5.79. The smallest absolute Gasteiger partial charge is 0.253 e. The number of carbonyl (C=O) groups excluding carboxylic acids is 1. The predicted octanol–water partition coefficient (Wildman–Crippen LogP) is 3.85. The summed E-state index contributed by atoms with van der Waals surface area (Å²) in [5, 5.41) is 3.10. The third-order valence-electron chi connectivity index (χ3n) is 4.10. The monoisotopic (exact) mass is 423 g/mol. The van der Waals surface area contributed by atoms with E-state index < -0.39 is 11.7 Å². The van der Waals surface area contributed by atoms with Crippen LogP contribution in [0, 0.1) is 5.82 Å². The van der Waals surface area contributed by atoms with E-state index in [1.165, 1.54) is 11.8 Å². The Labute approximate surface area is 159 Å². The molecule has 1 aliphatic heterocycles. The van der Waals surface area contributed by atoms with Gasteiger partial charge in [-0.15, -0.1) is 0 Å². The number of nitrogens with two attached hydrogens (primary N) is 1. The van der Waals surface area contributed by atoms with Gasteiger partial charge in [0.15, 0.2) is 0 Å². The molecule has 0 aliphatic carbocycles. The summed E-state index contributed by atoms with van der Waals surface area (Å²) >= 11 is 5.22. The van der Waals surface area contributed by atoms with Gasteiger partial charge in [0.1, 0.15) is 5.82 Å². The average Bonchev–Trinajstić information content (AvgIpc) is 2.60. The fraction of sp³-hybridized carbons (Fsp3) is 0.278. The van der Waals surface area contributed by atoms with Gasteiger partial charge < -0.3 is 16.0 Å². The van der Waals surface area contributed by atoms with E-state index in [4.69, 9.17) is 5.73 Å². The first kappa shape index (κ1) is 18.1. The first-order chi connectivity index (χ1) is 12.0. The number of primary amides is 1. The molecule has 25 heavy (non-hydrogen) atoms. The van der Waals surface area contributed by atoms with Crippen molar-refractivity contribution in [3.8, 4) is 0 Å². The van der Waals surface area contributed by atoms with Crippen molar-refractivity contribution in [2.75, 3.05) is 34.8 Å². The number of carbonyl (C=O) groups is 1. The zero-order valence-electron chi connectivity index (χ0n) is 13.6. The molecule has 2 aromatic rings. The van der Waals surface area contributed by atoms with Crippen molar-refractivity contribution in [1.29, 1.82) is 0 Å². The highest BCUT2D eigenvalue weighted by Crippen LogP contribution is 2.26. The lowest BCUT2D eigenvalue weighted by molar-refractivity contribution is 0.0997. The Hall–Kier alpha value is -1.73. The van der Waals surface area contributed by atoms with Crippen molar-refractivity contribution in [2.45, 2.75) is 6.54 Å². The van der Waals surface area contributed by atoms with Gasteiger partial charge in [0, 0.05) is 41.3 Å². The molecule has 0 atom stereocenters. The van der Waals surface area contributed by atoms with Crippen molar-refractivity contribution in [3.05, 3.63) is 57.8 Å². The van der Waals surface area contributed by atoms with Crippen LogP contribution in [0.25, 0.3) is 0 Å². The van der Waals surface area contributed by atoms with Gasteiger partial charge in [-0.25, -0.2) is 4.39 Å². The number of thioether (sulfide) groups is 1. The summed E-state index contributed by atoms with van der Waals surface area (Å²) in [6.45, 7) is 2.62. The van der Waals surface area contributed by atoms with Crippen molar-refractivity contribution >= 4 is 45.0 Å². The summed E-state index contributed by atoms with van der Waals surface area (Å²) in [6, 6.07) is 11.2. The summed E-state index contributed by atoms with van der Waals surface area (Å²) in [7, 11) is 0. The van der Waals surface area contributed by atoms with E-state index in [2.05, 4.69) is 38.3 Å². The number of amides is 1. The fourth-order valence-electron chi connectivity index (χ4n) is 2.81. The van der Waals surface area contributed by atoms with Gasteiger partial charge in [0.05, 0.1) is 11.3 Å². The van der Waals surface area contributed by atoms with E-state index in [1.54, 1.807) is 6.07 Å². The van der Waals surface area contributed by atoms with E-state index in [0.717, 1.165) is 30.2 Å². The van der Waals surface area contributed by atoms with Gasteiger partial charge >= 0.3 is 0 Å². The Morgan fingerprint density at radius 1 is 1.24 bits per heavy atom. The third kappa shape index (κ3) is 4.46. The topological polar surface area (TPSA) is 58.4 Å². The lowest BCUT2D eigenvalue weighted by Gasteiger charge is -2.28. The summed E-state index contributed by atoms with van der Waals surface area (Å²) in [6.07, 6.45) is 0. The van der Waals surface area contributed by atoms with Crippen LogP contribution >= 0.6 is 27.7 Å². The molecule has 1 fully saturated rings. The highest BCUT2D eigenvalue weighted by Gasteiger charge is 2.15. The highest BCUT2D eigenvalue weighted by atomic mass is 79.9. The number of halogens is 2. The molecule has 1 amide bonds. The van der Waals surface area contributed by atoms with Crippen molar-refractivity contribution in [1.82, 2.24) is 0 Å². The van der Waals surface area contributed by atoms with Gasteiger partial charge in [-0.1, -0.05) is 28.1 Å². The van der Waals surface area contributed by atoms with E-state index in [-0.39, 0.29) is 5.56 Å². The molecule has 0 aromatic heterocycles. The summed E-state index contributed by atoms with van der Waals surface area (Å²) in [4.78, 5) is 13.9. The first-order valence-electron chi connectivity index (χ1n) is 7.99. The quantitative estimate of drug-likeness (QED) is 0.766. The summed E-state index contributed by atoms with van der Waals surface area (Å²) in [5.74, 6) is 0.898. The zero-order valence-corrected chi connectivity index (χ0v) is 16.0. The molecule has 0 bridgehead atoms. The fourth-order valence-corrected chi connectivity index (χ4v) is 4.14. The minimum absolute atomic E-state index is 0.120. The Morgan fingerprint density at radius 2 is 1.92 bits per heavy atom. The molecule has 3 rings (SSSR count). The molecule has 4 nitrogen and oxygen atoms in total. The molecular formula is C18H19BrFN3OS. The maximum atomic E-state index is 14.0. The Kier molecular flexibility index (Phi) is 5.86. The molecule has 0 saturated carbocycles. The van der Waals surface area contributed by atoms with E-state index >= 15 is 0 Å². The van der Waals surface area contributed by atoms with Crippen LogP contribution in [0.1, 0.15) is 15.9 Å². The van der Waals surface area contributed by atoms with Gasteiger partial charge in [-0.3, -0.25) is 4.79 Å². The Bertz CT molecular complexity index is 764. The normalized spacial score (nSPS) is 14.4. The lowest BCUT2D eigenvalue weighted by Crippen LogP contribution is -2.32. The molecule has 3 N–H and O–H groups in total. The van der Waals surface area contributed by atoms with Crippen LogP contribution in [0.5, 0.6) is 0 Å². The van der Waals surface area contributed by atoms with Crippen LogP contribution in [0.4, 0.5) is 15.8 Å². The largest absolute Gasteiger partial charge is 0.380 e. The molecule has 1 aliphatic rings. The van der Waals surface area contributed by atoms with Crippen LogP contribution in [-0.4, -0.2) is 30.5 Å². The maximum absolute atomic E-state index is 14.0. The van der Waals surface area contributed by atoms with Crippen molar-refractivity contribution < 1.29 is 9.18 Å². The standard InChI is InChI=1S/C18H19BrFN3OS/c19-13-9-15(20)17(18(21)24)16(10-13)22-11-12-1-3-14(4-2-12)23-5-7-25-8-6-23/h1-4,9-10,22H,5-8,11H2,(H2,21,24). The molecule has 0 unspecified atom stereocenters. The molecule has 132 valence electrons. The van der Waals surface area contributed by atoms with E-state index in [0.29, 0.717) is 16.7 Å². The summed E-state index contributed by atoms with van der Waals surface area (Å²) in [5.41, 5.74) is 7.83. The molecule has 1 heterocycles. The second-order valence-corrected chi connectivity index (χ2v) is 7.93. The lowest BCUT2D eigenvalue weighted by atomic mass is 10.1. The predicted molar refractivity (Wildman–Crippen MR) is 106 cm³/mol. The average molecular weight is 424 g/mol. The van der Waals surface area contributed by atoms with Crippen molar-refractivity contribution in [3.63, 3.8) is 0 Å². The Balaban J connectivity index is 1.70. The zero-order chi connectivity index (χ0) is 17.8. The van der Waals surface area contributed by atoms with Crippen LogP contribution in [0.3, 0.4) is 0 Å². The third-order valence-corrected chi connectivity index (χ3v) is 5.50. The molecular weight excluding hydrogens is 405 g/mol. The van der Waals surface area contributed by atoms with E-state index in [1.807, 2.05) is 23.9 Å². The minimum atomic E-state index is -0.786. The van der Waals surface area contributed by atoms with Gasteiger partial charge in [0.2, 0.25) is 0 Å². The van der Waals surface area contributed by atoms with Crippen LogP contribution in [0.15, 0.2) is 40.9 Å². The first-order valence-corrected chi connectivity index (χ1v) is 9.94. The highest BCUT2D eigenvalue weighted by molar-refractivity contribution is 9.10. The molecule has 1 saturated heterocycles. The van der Waals surface area contributed by atoms with Crippen LogP contribution in [-0.2, 0) is 6.54 Å². The maximum Gasteiger partial charge on any atom is 0.253 e. The van der Waals surface area contributed by atoms with Crippen LogP contribution in [0.2, 0.25) is 0 Å². The number of nitrogens with one attached hydrogen (secondary N) is 1. The number of rotatable bonds is 5. The number of hydrogen-bond donors (Lipinski definition) is 2. The van der Waals surface area contributed by atoms with Gasteiger partial charge in [0.25, 0.3) is 5.91 Å². The number of anilines is 2. The molecule has 2 aromatic carbocycles. The second kappa shape index (κ2) is 8.10. The van der Waals surface area contributed by atoms with Crippen LogP contribution < -0.4 is 16.0 Å². The SMILES string of the molecule is NC(=O)c1c(F)cc(Br)cc1NCc1ccc(N2CCSCC2)cc1. The molecule has 0 spiro atoms. The summed E-state index contributed by atoms with van der Waals surface area (Å²) < 4.78 is 14.5. The number of nitrogens with zero attached hydrogens (tertiary/aromatic N) is 1. The number of benzene rings is 2. The molecule has 0 radical (unpaired) electrons.